The van der Waals surface area contributed by atoms with Gasteiger partial charge in [0.25, 0.3) is 0 Å². The molecule has 0 saturated carbocycles. The van der Waals surface area contributed by atoms with Crippen molar-refractivity contribution in [2.75, 3.05) is 13.1 Å². The van der Waals surface area contributed by atoms with Gasteiger partial charge in [0.15, 0.2) is 12.6 Å². The van der Waals surface area contributed by atoms with E-state index in [1.54, 1.807) is 83.1 Å². The first-order chi connectivity index (χ1) is 14.0. The van der Waals surface area contributed by atoms with Crippen LogP contribution in [-0.2, 0) is 18.9 Å². The molecule has 2 amide bonds. The number of aliphatic hydroxyl groups excluding tert-OH is 2. The van der Waals surface area contributed by atoms with E-state index in [0.29, 0.717) is 0 Å². The summed E-state index contributed by atoms with van der Waals surface area (Å²) in [6, 6.07) is 0. The molecule has 10 heteroatoms. The normalized spacial score (nSPS) is 15.1. The van der Waals surface area contributed by atoms with Crippen molar-refractivity contribution in [2.24, 2.45) is 0 Å². The lowest BCUT2D eigenvalue weighted by Crippen LogP contribution is -2.57. The van der Waals surface area contributed by atoms with E-state index in [9.17, 15) is 19.8 Å². The standard InChI is InChI=1S/C22H44N2O8/c1-19(2,3)29-15(25)13-23(17(27)31-21(7,8)9)24(18(28)32-22(10,11)12)14-16(26)30-20(4,5)6/h15-16,25-26H,13-14H2,1-12H3. The van der Waals surface area contributed by atoms with Gasteiger partial charge in [-0.25, -0.2) is 19.6 Å². The van der Waals surface area contributed by atoms with Gasteiger partial charge in [-0.05, 0) is 83.1 Å². The van der Waals surface area contributed by atoms with Crippen molar-refractivity contribution in [3.8, 4) is 0 Å². The molecule has 0 radical (unpaired) electrons. The van der Waals surface area contributed by atoms with Gasteiger partial charge in [0.2, 0.25) is 0 Å². The predicted octanol–water partition coefficient (Wildman–Crippen LogP) is 3.64. The van der Waals surface area contributed by atoms with Crippen molar-refractivity contribution >= 4 is 12.2 Å². The van der Waals surface area contributed by atoms with Crippen molar-refractivity contribution in [3.63, 3.8) is 0 Å². The van der Waals surface area contributed by atoms with E-state index in [4.69, 9.17) is 18.9 Å². The van der Waals surface area contributed by atoms with Crippen LogP contribution in [0.25, 0.3) is 0 Å². The summed E-state index contributed by atoms with van der Waals surface area (Å²) in [4.78, 5) is 26.0. The van der Waals surface area contributed by atoms with Gasteiger partial charge in [-0.3, -0.25) is 0 Å². The van der Waals surface area contributed by atoms with Crippen LogP contribution in [0.3, 0.4) is 0 Å². The average molecular weight is 465 g/mol. The maximum absolute atomic E-state index is 13.0. The third-order valence-electron chi connectivity index (χ3n) is 3.14. The molecule has 190 valence electrons. The van der Waals surface area contributed by atoms with Gasteiger partial charge in [0.1, 0.15) is 11.2 Å². The number of aliphatic hydroxyl groups is 2. The van der Waals surface area contributed by atoms with E-state index in [1.807, 2.05) is 0 Å². The molecule has 0 aromatic heterocycles. The number of carbonyl (C=O) groups excluding carboxylic acids is 2. The van der Waals surface area contributed by atoms with E-state index in [-0.39, 0.29) is 0 Å². The number of nitrogens with zero attached hydrogens (tertiary/aromatic N) is 2. The number of hydrogen-bond acceptors (Lipinski definition) is 8. The monoisotopic (exact) mass is 464 g/mol. The SMILES string of the molecule is CC(C)(C)OC(=O)N(CC(O)OC(C)(C)C)N(CC(O)OC(C)(C)C)C(=O)OC(C)(C)C. The largest absolute Gasteiger partial charge is 0.442 e. The Morgan fingerprint density at radius 3 is 1.03 bits per heavy atom. The van der Waals surface area contributed by atoms with Crippen molar-refractivity contribution in [1.29, 1.82) is 0 Å². The molecule has 0 saturated heterocycles. The van der Waals surface area contributed by atoms with Crippen molar-refractivity contribution in [1.82, 2.24) is 10.0 Å². The second-order valence-electron chi connectivity index (χ2n) is 11.5. The zero-order chi connectivity index (χ0) is 25.7. The summed E-state index contributed by atoms with van der Waals surface area (Å²) in [5, 5.41) is 22.6. The van der Waals surface area contributed by atoms with Crippen molar-refractivity contribution < 1.29 is 38.7 Å². The molecule has 0 aromatic carbocycles. The molecule has 10 nitrogen and oxygen atoms in total. The minimum Gasteiger partial charge on any atom is -0.442 e. The van der Waals surface area contributed by atoms with Gasteiger partial charge >= 0.3 is 12.2 Å². The molecule has 32 heavy (non-hydrogen) atoms. The Hall–Kier alpha value is -1.62. The summed E-state index contributed by atoms with van der Waals surface area (Å²) in [7, 11) is 0. The highest BCUT2D eigenvalue weighted by molar-refractivity contribution is 5.74. The summed E-state index contributed by atoms with van der Waals surface area (Å²) >= 11 is 0. The molecule has 0 spiro atoms. The number of amides is 2. The van der Waals surface area contributed by atoms with Crippen LogP contribution in [0.5, 0.6) is 0 Å². The molecule has 0 bridgehead atoms. The number of hydrazine groups is 1. The summed E-state index contributed by atoms with van der Waals surface area (Å²) < 4.78 is 21.8. The van der Waals surface area contributed by atoms with Gasteiger partial charge in [-0.2, -0.15) is 0 Å². The Balaban J connectivity index is 6.08. The van der Waals surface area contributed by atoms with Crippen LogP contribution in [-0.4, -0.2) is 80.5 Å². The maximum Gasteiger partial charge on any atom is 0.429 e. The van der Waals surface area contributed by atoms with Gasteiger partial charge in [0, 0.05) is 0 Å². The van der Waals surface area contributed by atoms with Crippen LogP contribution in [0.1, 0.15) is 83.1 Å². The van der Waals surface area contributed by atoms with E-state index < -0.39 is 60.3 Å². The molecule has 2 unspecified atom stereocenters. The summed E-state index contributed by atoms with van der Waals surface area (Å²) in [6.45, 7) is 19.5. The van der Waals surface area contributed by atoms with E-state index in [1.165, 1.54) is 0 Å². The highest BCUT2D eigenvalue weighted by Crippen LogP contribution is 2.19. The number of carbonyl (C=O) groups is 2. The van der Waals surface area contributed by atoms with E-state index in [2.05, 4.69) is 0 Å². The predicted molar refractivity (Wildman–Crippen MR) is 120 cm³/mol. The molecule has 0 rings (SSSR count). The lowest BCUT2D eigenvalue weighted by molar-refractivity contribution is -0.208. The number of rotatable bonds is 6. The van der Waals surface area contributed by atoms with Gasteiger partial charge in [-0.1, -0.05) is 0 Å². The molecule has 2 N–H and O–H groups in total. The molecular weight excluding hydrogens is 420 g/mol. The van der Waals surface area contributed by atoms with Gasteiger partial charge in [-0.15, -0.1) is 0 Å². The maximum atomic E-state index is 13.0. The van der Waals surface area contributed by atoms with Crippen LogP contribution in [0, 0.1) is 0 Å². The second-order valence-corrected chi connectivity index (χ2v) is 11.5. The molecular formula is C22H44N2O8. The molecule has 0 heterocycles. The van der Waals surface area contributed by atoms with Crippen molar-refractivity contribution in [3.05, 3.63) is 0 Å². The zero-order valence-electron chi connectivity index (χ0n) is 21.8. The molecule has 0 aliphatic carbocycles. The highest BCUT2D eigenvalue weighted by Gasteiger charge is 2.37. The first-order valence-electron chi connectivity index (χ1n) is 10.7. The zero-order valence-corrected chi connectivity index (χ0v) is 21.8. The Morgan fingerprint density at radius 2 is 0.844 bits per heavy atom. The van der Waals surface area contributed by atoms with E-state index >= 15 is 0 Å². The highest BCUT2D eigenvalue weighted by atomic mass is 16.6. The van der Waals surface area contributed by atoms with E-state index in [0.717, 1.165) is 10.0 Å². The fraction of sp³-hybridized carbons (Fsp3) is 0.909. The topological polar surface area (TPSA) is 118 Å². The fourth-order valence-electron chi connectivity index (χ4n) is 2.36. The lowest BCUT2D eigenvalue weighted by Gasteiger charge is -2.39. The molecule has 0 aliphatic rings. The van der Waals surface area contributed by atoms with Crippen LogP contribution in [0.4, 0.5) is 9.59 Å². The van der Waals surface area contributed by atoms with Crippen LogP contribution >= 0.6 is 0 Å². The van der Waals surface area contributed by atoms with Crippen molar-refractivity contribution in [2.45, 2.75) is 118 Å². The summed E-state index contributed by atoms with van der Waals surface area (Å²) in [5.41, 5.74) is -3.20. The fourth-order valence-corrected chi connectivity index (χ4v) is 2.36. The Kier molecular flexibility index (Phi) is 10.4. The third kappa shape index (κ3) is 14.4. The summed E-state index contributed by atoms with van der Waals surface area (Å²) in [6.07, 6.45) is -4.76. The molecule has 2 atom stereocenters. The average Bonchev–Trinajstić information content (AvgIpc) is 2.43. The van der Waals surface area contributed by atoms with Crippen LogP contribution in [0.2, 0.25) is 0 Å². The Labute approximate surface area is 192 Å². The molecule has 0 aromatic rings. The quantitative estimate of drug-likeness (QED) is 0.452. The smallest absolute Gasteiger partial charge is 0.429 e. The number of ether oxygens (including phenoxy) is 4. The Bertz CT molecular complexity index is 557. The third-order valence-corrected chi connectivity index (χ3v) is 3.14. The van der Waals surface area contributed by atoms with Gasteiger partial charge in [0.05, 0.1) is 24.3 Å². The summed E-state index contributed by atoms with van der Waals surface area (Å²) in [5.74, 6) is 0. The minimum absolute atomic E-state index is 0.451. The lowest BCUT2D eigenvalue weighted by atomic mass is 10.2. The molecule has 0 aliphatic heterocycles. The minimum atomic E-state index is -1.45. The van der Waals surface area contributed by atoms with Crippen LogP contribution in [0.15, 0.2) is 0 Å². The van der Waals surface area contributed by atoms with Crippen LogP contribution < -0.4 is 0 Å². The molecule has 0 fully saturated rings. The first-order valence-corrected chi connectivity index (χ1v) is 10.7. The first kappa shape index (κ1) is 30.4. The second kappa shape index (κ2) is 11.0. The number of hydrogen-bond donors (Lipinski definition) is 2. The Morgan fingerprint density at radius 1 is 0.594 bits per heavy atom. The van der Waals surface area contributed by atoms with Gasteiger partial charge < -0.3 is 29.2 Å².